The van der Waals surface area contributed by atoms with Gasteiger partial charge < -0.3 is 14.7 Å². The molecule has 0 amide bonds. The third-order valence-electron chi connectivity index (χ3n) is 19.8. The third-order valence-corrected chi connectivity index (χ3v) is 19.8. The fraction of sp³-hybridized carbons (Fsp3) is 0.294. The molecule has 1 fully saturated rings. The van der Waals surface area contributed by atoms with Crippen LogP contribution in [0.3, 0.4) is 0 Å². The van der Waals surface area contributed by atoms with Crippen LogP contribution in [-0.4, -0.2) is 12.3 Å². The molecule has 72 heavy (non-hydrogen) atoms. The maximum atomic E-state index is 2.95. The largest absolute Gasteiger partial charge is 0.335 e. The summed E-state index contributed by atoms with van der Waals surface area (Å²) >= 11 is 0. The van der Waals surface area contributed by atoms with E-state index in [4.69, 9.17) is 0 Å². The molecule has 8 aromatic rings. The Kier molecular flexibility index (Phi) is 9.10. The predicted octanol–water partition coefficient (Wildman–Crippen LogP) is 15.6. The van der Waals surface area contributed by atoms with E-state index < -0.39 is 0 Å². The number of rotatable bonds is 4. The van der Waals surface area contributed by atoms with E-state index in [0.29, 0.717) is 0 Å². The molecule has 4 atom stereocenters. The smallest absolute Gasteiger partial charge is 0.252 e. The van der Waals surface area contributed by atoms with Crippen LogP contribution in [0, 0.1) is 13.8 Å². The summed E-state index contributed by atoms with van der Waals surface area (Å²) in [6.07, 6.45) is 7.01. The van der Waals surface area contributed by atoms with Crippen molar-refractivity contribution in [3.63, 3.8) is 0 Å². The number of hydrogen-bond acceptors (Lipinski definition) is 3. The van der Waals surface area contributed by atoms with Crippen molar-refractivity contribution in [3.8, 4) is 22.3 Å². The van der Waals surface area contributed by atoms with Crippen LogP contribution in [0.2, 0.25) is 0 Å². The molecule has 0 bridgehead atoms. The highest BCUT2D eigenvalue weighted by Crippen LogP contribution is 2.67. The molecule has 4 aliphatic heterocycles. The quantitative estimate of drug-likeness (QED) is 0.163. The van der Waals surface area contributed by atoms with Gasteiger partial charge in [0.2, 0.25) is 0 Å². The maximum Gasteiger partial charge on any atom is 0.252 e. The Hall–Kier alpha value is -6.78. The third kappa shape index (κ3) is 5.59. The minimum absolute atomic E-state index is 0.0103. The molecule has 4 unspecified atom stereocenters. The van der Waals surface area contributed by atoms with Crippen molar-refractivity contribution in [3.05, 3.63) is 203 Å². The molecule has 356 valence electrons. The first-order valence-corrected chi connectivity index (χ1v) is 27.0. The Labute approximate surface area is 428 Å². The second-order valence-electron chi connectivity index (χ2n) is 24.4. The summed E-state index contributed by atoms with van der Waals surface area (Å²) in [6, 6.07) is 63.6. The number of anilines is 7. The standard InChI is InChI=1S/C68H66BN3/c1-43-37-44(2)61-63-60(43)66(7)34-18-19-35-67(66,8)72(63)59-42-52(71-56-32-30-50(64(3,4)5)40-54(56)65(6)36-33-47-25-16-17-28-53(47)68(65,71)9)41-58-62(59)69(61)55-31-29-49(46-23-14-11-15-24-46)39-57(55)70(58)51-27-20-26-48(38-51)45-21-12-10-13-22-45/h10-17,20-32,37-42H,18-19,33-36H2,1-9H3. The van der Waals surface area contributed by atoms with Gasteiger partial charge in [-0.3, -0.25) is 0 Å². The van der Waals surface area contributed by atoms with Crippen LogP contribution < -0.4 is 31.1 Å². The lowest BCUT2D eigenvalue weighted by Crippen LogP contribution is -2.65. The zero-order valence-corrected chi connectivity index (χ0v) is 43.8. The molecule has 0 radical (unpaired) electrons. The topological polar surface area (TPSA) is 9.72 Å². The Morgan fingerprint density at radius 2 is 1.17 bits per heavy atom. The lowest BCUT2D eigenvalue weighted by atomic mass is 9.32. The maximum absolute atomic E-state index is 2.95. The number of nitrogens with zero attached hydrogens (tertiary/aromatic N) is 3. The molecule has 0 aromatic heterocycles. The van der Waals surface area contributed by atoms with E-state index in [1.54, 1.807) is 5.56 Å². The van der Waals surface area contributed by atoms with Crippen molar-refractivity contribution in [2.24, 2.45) is 0 Å². The van der Waals surface area contributed by atoms with Gasteiger partial charge in [-0.2, -0.15) is 0 Å². The Morgan fingerprint density at radius 3 is 1.92 bits per heavy atom. The Morgan fingerprint density at radius 1 is 0.486 bits per heavy atom. The first-order chi connectivity index (χ1) is 34.7. The van der Waals surface area contributed by atoms with Gasteiger partial charge in [-0.05, 0) is 167 Å². The van der Waals surface area contributed by atoms with Crippen LogP contribution in [0.15, 0.2) is 164 Å². The molecule has 2 aliphatic carbocycles. The van der Waals surface area contributed by atoms with Crippen LogP contribution in [0.25, 0.3) is 22.3 Å². The van der Waals surface area contributed by atoms with E-state index in [9.17, 15) is 0 Å². The second-order valence-corrected chi connectivity index (χ2v) is 24.4. The molecular weight excluding hydrogens is 870 g/mol. The molecule has 0 N–H and O–H groups in total. The zero-order valence-electron chi connectivity index (χ0n) is 43.8. The SMILES string of the molecule is Cc1cc(C)c2c3c1B1c4ccc(-c5ccccc5)cc4N(c4cccc(-c5ccccc5)c4)c4cc(N5c6ccc(C(C)(C)C)cc6C6(C)CCc7ccccc7C56C)cc(c41)N3C1(C)CCCCC21C. The molecule has 0 saturated heterocycles. The molecule has 3 nitrogen and oxygen atoms in total. The van der Waals surface area contributed by atoms with Crippen molar-refractivity contribution in [1.29, 1.82) is 0 Å². The van der Waals surface area contributed by atoms with Gasteiger partial charge in [-0.15, -0.1) is 0 Å². The van der Waals surface area contributed by atoms with E-state index in [1.165, 1.54) is 131 Å². The number of fused-ring (bicyclic) bond motifs is 12. The Bertz CT molecular complexity index is 3590. The van der Waals surface area contributed by atoms with Crippen LogP contribution >= 0.6 is 0 Å². The normalized spacial score (nSPS) is 24.0. The van der Waals surface area contributed by atoms with Gasteiger partial charge in [0.1, 0.15) is 0 Å². The van der Waals surface area contributed by atoms with Crippen molar-refractivity contribution in [2.75, 3.05) is 14.7 Å². The van der Waals surface area contributed by atoms with Crippen molar-refractivity contribution in [1.82, 2.24) is 0 Å². The first-order valence-electron chi connectivity index (χ1n) is 27.0. The Balaban J connectivity index is 1.13. The monoisotopic (exact) mass is 936 g/mol. The van der Waals surface area contributed by atoms with E-state index in [0.717, 1.165) is 19.3 Å². The molecule has 14 rings (SSSR count). The van der Waals surface area contributed by atoms with Gasteiger partial charge in [-0.25, -0.2) is 0 Å². The zero-order chi connectivity index (χ0) is 49.3. The lowest BCUT2D eigenvalue weighted by molar-refractivity contribution is 0.194. The summed E-state index contributed by atoms with van der Waals surface area (Å²) in [7, 11) is 0. The first kappa shape index (κ1) is 44.0. The summed E-state index contributed by atoms with van der Waals surface area (Å²) in [4.78, 5) is 8.47. The molecule has 6 aliphatic rings. The number of benzene rings is 8. The second kappa shape index (κ2) is 14.9. The molecule has 0 spiro atoms. The summed E-state index contributed by atoms with van der Waals surface area (Å²) in [6.45, 7) is 22.5. The van der Waals surface area contributed by atoms with E-state index in [2.05, 4.69) is 241 Å². The predicted molar refractivity (Wildman–Crippen MR) is 306 cm³/mol. The minimum Gasteiger partial charge on any atom is -0.335 e. The average molecular weight is 936 g/mol. The van der Waals surface area contributed by atoms with Crippen LogP contribution in [0.5, 0.6) is 0 Å². The van der Waals surface area contributed by atoms with Gasteiger partial charge in [0, 0.05) is 50.6 Å². The molecule has 4 heteroatoms. The molecule has 8 aromatic carbocycles. The van der Waals surface area contributed by atoms with Gasteiger partial charge in [0.15, 0.2) is 0 Å². The van der Waals surface area contributed by atoms with Gasteiger partial charge >= 0.3 is 0 Å². The van der Waals surface area contributed by atoms with Gasteiger partial charge in [0.25, 0.3) is 6.71 Å². The summed E-state index contributed by atoms with van der Waals surface area (Å²) < 4.78 is 0. The van der Waals surface area contributed by atoms with E-state index in [1.807, 2.05) is 0 Å². The van der Waals surface area contributed by atoms with Gasteiger partial charge in [-0.1, -0.05) is 180 Å². The average Bonchev–Trinajstić information content (AvgIpc) is 3.76. The fourth-order valence-corrected chi connectivity index (χ4v) is 15.8. The van der Waals surface area contributed by atoms with Crippen molar-refractivity contribution < 1.29 is 0 Å². The lowest BCUT2D eigenvalue weighted by Gasteiger charge is -2.54. The van der Waals surface area contributed by atoms with Crippen molar-refractivity contribution in [2.45, 2.75) is 128 Å². The minimum atomic E-state index is -0.370. The fourth-order valence-electron chi connectivity index (χ4n) is 15.8. The highest BCUT2D eigenvalue weighted by molar-refractivity contribution is 7.00. The van der Waals surface area contributed by atoms with Crippen LogP contribution in [-0.2, 0) is 28.2 Å². The summed E-state index contributed by atoms with van der Waals surface area (Å²) in [5, 5.41) is 0. The highest BCUT2D eigenvalue weighted by Gasteiger charge is 2.64. The van der Waals surface area contributed by atoms with Crippen LogP contribution in [0.4, 0.5) is 39.8 Å². The molecule has 4 heterocycles. The van der Waals surface area contributed by atoms with Gasteiger partial charge in [0.05, 0.1) is 11.1 Å². The highest BCUT2D eigenvalue weighted by atomic mass is 15.3. The van der Waals surface area contributed by atoms with E-state index in [-0.39, 0.29) is 34.0 Å². The summed E-state index contributed by atoms with van der Waals surface area (Å²) in [5.41, 5.74) is 28.1. The molecule has 1 saturated carbocycles. The van der Waals surface area contributed by atoms with Crippen molar-refractivity contribution >= 4 is 62.9 Å². The summed E-state index contributed by atoms with van der Waals surface area (Å²) in [5.74, 6) is 0. The number of aryl methyl sites for hydroxylation is 3. The van der Waals surface area contributed by atoms with Crippen LogP contribution in [0.1, 0.15) is 120 Å². The van der Waals surface area contributed by atoms with E-state index >= 15 is 0 Å². The number of hydrogen-bond donors (Lipinski definition) is 0. The molecular formula is C68H66BN3.